The van der Waals surface area contributed by atoms with E-state index in [1.165, 1.54) is 0 Å². The first-order valence-corrected chi connectivity index (χ1v) is 10.9. The molecule has 1 heterocycles. The summed E-state index contributed by atoms with van der Waals surface area (Å²) in [5, 5.41) is 0. The fraction of sp³-hybridized carbons (Fsp3) is 0.632. The van der Waals surface area contributed by atoms with Crippen LogP contribution >= 0.6 is 0 Å². The Balaban J connectivity index is 1.66. The average molecular weight is 362 g/mol. The van der Waals surface area contributed by atoms with Crippen molar-refractivity contribution in [1.82, 2.24) is 4.31 Å². The van der Waals surface area contributed by atoms with Crippen molar-refractivity contribution in [3.63, 3.8) is 0 Å². The number of amides is 1. The highest BCUT2D eigenvalue weighted by Gasteiger charge is 2.43. The Hall–Kier alpha value is -1.40. The highest BCUT2D eigenvalue weighted by molar-refractivity contribution is 7.89. The number of nitrogens with zero attached hydrogens (tertiary/aromatic N) is 2. The molecule has 0 spiro atoms. The van der Waals surface area contributed by atoms with Gasteiger partial charge in [-0.15, -0.1) is 0 Å². The number of sulfonamides is 1. The van der Waals surface area contributed by atoms with Crippen LogP contribution in [0.25, 0.3) is 0 Å². The molecule has 0 radical (unpaired) electrons. The lowest BCUT2D eigenvalue weighted by Gasteiger charge is -2.29. The maximum absolute atomic E-state index is 13.4. The van der Waals surface area contributed by atoms with Gasteiger partial charge >= 0.3 is 0 Å². The van der Waals surface area contributed by atoms with E-state index in [9.17, 15) is 13.2 Å². The second-order valence-electron chi connectivity index (χ2n) is 7.60. The summed E-state index contributed by atoms with van der Waals surface area (Å²) in [6.07, 6.45) is 7.62. The first-order chi connectivity index (χ1) is 12.0. The zero-order valence-corrected chi connectivity index (χ0v) is 15.6. The lowest BCUT2D eigenvalue weighted by atomic mass is 10.2. The van der Waals surface area contributed by atoms with Crippen LogP contribution in [-0.2, 0) is 14.8 Å². The molecule has 136 valence electrons. The molecule has 2 aliphatic carbocycles. The van der Waals surface area contributed by atoms with Crippen LogP contribution in [0, 0.1) is 6.92 Å². The van der Waals surface area contributed by atoms with Crippen molar-refractivity contribution in [1.29, 1.82) is 0 Å². The summed E-state index contributed by atoms with van der Waals surface area (Å²) in [6, 6.07) is 5.71. The van der Waals surface area contributed by atoms with E-state index in [4.69, 9.17) is 0 Å². The number of aryl methyl sites for hydroxylation is 1. The van der Waals surface area contributed by atoms with Gasteiger partial charge in [0.05, 0.1) is 4.90 Å². The van der Waals surface area contributed by atoms with Gasteiger partial charge in [0, 0.05) is 30.7 Å². The van der Waals surface area contributed by atoms with Crippen molar-refractivity contribution in [2.24, 2.45) is 0 Å². The van der Waals surface area contributed by atoms with Crippen LogP contribution in [0.4, 0.5) is 5.69 Å². The zero-order chi connectivity index (χ0) is 17.6. The lowest BCUT2D eigenvalue weighted by Crippen LogP contribution is -2.40. The first-order valence-electron chi connectivity index (χ1n) is 9.43. The van der Waals surface area contributed by atoms with Crippen molar-refractivity contribution >= 4 is 21.6 Å². The van der Waals surface area contributed by atoms with Crippen molar-refractivity contribution in [2.45, 2.75) is 75.3 Å². The van der Waals surface area contributed by atoms with Gasteiger partial charge in [-0.3, -0.25) is 4.79 Å². The monoisotopic (exact) mass is 362 g/mol. The van der Waals surface area contributed by atoms with E-state index in [1.54, 1.807) is 17.0 Å². The number of hydrogen-bond acceptors (Lipinski definition) is 3. The van der Waals surface area contributed by atoms with Gasteiger partial charge in [0.15, 0.2) is 0 Å². The molecule has 1 saturated heterocycles. The highest BCUT2D eigenvalue weighted by atomic mass is 32.2. The summed E-state index contributed by atoms with van der Waals surface area (Å²) >= 11 is 0. The van der Waals surface area contributed by atoms with Gasteiger partial charge in [-0.05, 0) is 62.8 Å². The molecule has 1 amide bonds. The fourth-order valence-electron chi connectivity index (χ4n) is 4.30. The third-order valence-electron chi connectivity index (χ3n) is 5.69. The zero-order valence-electron chi connectivity index (χ0n) is 14.8. The van der Waals surface area contributed by atoms with E-state index >= 15 is 0 Å². The molecular formula is C19H26N2O3S. The lowest BCUT2D eigenvalue weighted by molar-refractivity contribution is -0.117. The summed E-state index contributed by atoms with van der Waals surface area (Å²) in [5.74, 6) is 0.126. The minimum absolute atomic E-state index is 0.126. The number of rotatable bonds is 5. The largest absolute Gasteiger partial charge is 0.312 e. The van der Waals surface area contributed by atoms with Crippen LogP contribution in [0.3, 0.4) is 0 Å². The summed E-state index contributed by atoms with van der Waals surface area (Å²) in [6.45, 7) is 2.57. The Kier molecular flexibility index (Phi) is 4.36. The molecule has 2 saturated carbocycles. The van der Waals surface area contributed by atoms with Crippen LogP contribution < -0.4 is 4.90 Å². The number of carbonyl (C=O) groups excluding carboxylic acids is 1. The van der Waals surface area contributed by atoms with Crippen molar-refractivity contribution in [3.05, 3.63) is 23.8 Å². The van der Waals surface area contributed by atoms with Crippen LogP contribution in [0.2, 0.25) is 0 Å². The Morgan fingerprint density at radius 2 is 1.72 bits per heavy atom. The molecule has 0 aromatic heterocycles. The average Bonchev–Trinajstić information content (AvgIpc) is 3.06. The predicted octanol–water partition coefficient (Wildman–Crippen LogP) is 3.22. The van der Waals surface area contributed by atoms with Crippen LogP contribution in [-0.4, -0.2) is 37.3 Å². The fourth-order valence-corrected chi connectivity index (χ4v) is 6.44. The molecule has 3 fully saturated rings. The minimum Gasteiger partial charge on any atom is -0.312 e. The van der Waals surface area contributed by atoms with Gasteiger partial charge < -0.3 is 4.90 Å². The minimum atomic E-state index is -3.48. The Labute approximate surface area is 150 Å². The second kappa shape index (κ2) is 6.40. The van der Waals surface area contributed by atoms with Gasteiger partial charge in [0.1, 0.15) is 0 Å². The third-order valence-corrected chi connectivity index (χ3v) is 7.86. The molecule has 1 aromatic rings. The van der Waals surface area contributed by atoms with Crippen LogP contribution in [0.15, 0.2) is 23.1 Å². The molecule has 0 bridgehead atoms. The molecule has 0 atom stereocenters. The van der Waals surface area contributed by atoms with E-state index in [2.05, 4.69) is 0 Å². The first kappa shape index (κ1) is 17.0. The van der Waals surface area contributed by atoms with Gasteiger partial charge in [0.25, 0.3) is 0 Å². The quantitative estimate of drug-likeness (QED) is 0.808. The Morgan fingerprint density at radius 3 is 2.28 bits per heavy atom. The van der Waals surface area contributed by atoms with E-state index in [-0.39, 0.29) is 18.0 Å². The smallest absolute Gasteiger partial charge is 0.243 e. The normalized spacial score (nSPS) is 22.3. The summed E-state index contributed by atoms with van der Waals surface area (Å²) < 4.78 is 28.5. The Morgan fingerprint density at radius 1 is 1.04 bits per heavy atom. The molecule has 1 aromatic carbocycles. The molecule has 0 N–H and O–H groups in total. The number of anilines is 1. The topological polar surface area (TPSA) is 57.7 Å². The molecular weight excluding hydrogens is 336 g/mol. The van der Waals surface area contributed by atoms with Crippen molar-refractivity contribution in [2.75, 3.05) is 11.4 Å². The molecule has 3 aliphatic rings. The van der Waals surface area contributed by atoms with Gasteiger partial charge in [0.2, 0.25) is 15.9 Å². The third kappa shape index (κ3) is 3.10. The van der Waals surface area contributed by atoms with E-state index in [0.717, 1.165) is 62.7 Å². The van der Waals surface area contributed by atoms with Gasteiger partial charge in [-0.25, -0.2) is 8.42 Å². The van der Waals surface area contributed by atoms with Crippen molar-refractivity contribution in [3.8, 4) is 0 Å². The SMILES string of the molecule is Cc1cc(N2CCCC2=O)ccc1S(=O)(=O)N(C1CCCC1)C1CC1. The van der Waals surface area contributed by atoms with Crippen molar-refractivity contribution < 1.29 is 13.2 Å². The molecule has 1 aliphatic heterocycles. The molecule has 6 heteroatoms. The van der Waals surface area contributed by atoms with E-state index < -0.39 is 10.0 Å². The maximum Gasteiger partial charge on any atom is 0.243 e. The van der Waals surface area contributed by atoms with E-state index in [0.29, 0.717) is 11.3 Å². The predicted molar refractivity (Wildman–Crippen MR) is 97.1 cm³/mol. The van der Waals surface area contributed by atoms with E-state index in [1.807, 2.05) is 17.3 Å². The highest BCUT2D eigenvalue weighted by Crippen LogP contribution is 2.39. The summed E-state index contributed by atoms with van der Waals surface area (Å²) in [5.41, 5.74) is 1.55. The number of carbonyl (C=O) groups is 1. The second-order valence-corrected chi connectivity index (χ2v) is 9.41. The molecule has 25 heavy (non-hydrogen) atoms. The summed E-state index contributed by atoms with van der Waals surface area (Å²) in [4.78, 5) is 14.1. The van der Waals surface area contributed by atoms with Crippen LogP contribution in [0.5, 0.6) is 0 Å². The summed E-state index contributed by atoms with van der Waals surface area (Å²) in [7, 11) is -3.48. The number of hydrogen-bond donors (Lipinski definition) is 0. The molecule has 0 unspecified atom stereocenters. The van der Waals surface area contributed by atoms with Gasteiger partial charge in [-0.1, -0.05) is 12.8 Å². The number of benzene rings is 1. The molecule has 5 nitrogen and oxygen atoms in total. The Bertz CT molecular complexity index is 780. The standard InChI is InChI=1S/C19H26N2O3S/c1-14-13-17(20-12-4-7-19(20)22)10-11-18(14)25(23,24)21(16-8-9-16)15-5-2-3-6-15/h10-11,13,15-16H,2-9,12H2,1H3. The van der Waals surface area contributed by atoms with Crippen LogP contribution in [0.1, 0.15) is 56.9 Å². The van der Waals surface area contributed by atoms with Gasteiger partial charge in [-0.2, -0.15) is 4.31 Å². The maximum atomic E-state index is 13.4. The molecule has 4 rings (SSSR count).